The molecule has 0 saturated carbocycles. The summed E-state index contributed by atoms with van der Waals surface area (Å²) in [6.45, 7) is 3.97. The summed E-state index contributed by atoms with van der Waals surface area (Å²) < 4.78 is 11.9. The van der Waals surface area contributed by atoms with Crippen LogP contribution in [-0.4, -0.2) is 31.6 Å². The molecule has 0 spiro atoms. The second-order valence-corrected chi connectivity index (χ2v) is 7.71. The summed E-state index contributed by atoms with van der Waals surface area (Å²) >= 11 is 5.64. The van der Waals surface area contributed by atoms with Gasteiger partial charge in [-0.2, -0.15) is 0 Å². The molecule has 17 heavy (non-hydrogen) atoms. The number of hydrogen-bond donors (Lipinski definition) is 0. The molecule has 0 atom stereocenters. The first-order chi connectivity index (χ1) is 7.97. The Kier molecular flexibility index (Phi) is 3.36. The first-order valence-corrected chi connectivity index (χ1v) is 8.11. The number of nitrogens with zero attached hydrogens (tertiary/aromatic N) is 3. The van der Waals surface area contributed by atoms with Crippen molar-refractivity contribution < 1.29 is 4.57 Å². The van der Waals surface area contributed by atoms with E-state index < -0.39 is 7.14 Å². The topological polar surface area (TPSA) is 45.0 Å². The van der Waals surface area contributed by atoms with Crippen LogP contribution in [0.2, 0.25) is 0 Å². The van der Waals surface area contributed by atoms with E-state index in [-0.39, 0.29) is 5.29 Å². The zero-order valence-electron chi connectivity index (χ0n) is 9.67. The molecule has 6 heteroatoms. The molecule has 0 radical (unpaired) electrons. The number of halogens is 1. The fourth-order valence-electron chi connectivity index (χ4n) is 1.48. The molecule has 90 valence electrons. The lowest BCUT2D eigenvalue weighted by molar-refractivity contribution is 0.588. The standard InChI is InChI=1S/C11H13ClN3OP/c1-17(2,16)10-5-3-9(4-6-10)15-7-13-11(12)14-8-15/h3-7H,8H2,1-2H3. The monoisotopic (exact) mass is 269 g/mol. The van der Waals surface area contributed by atoms with Crippen LogP contribution in [0.3, 0.4) is 0 Å². The van der Waals surface area contributed by atoms with Crippen molar-refractivity contribution in [3.05, 3.63) is 24.3 Å². The SMILES string of the molecule is CP(C)(=O)c1ccc(N2C=NC(Cl)=NC2)cc1. The highest BCUT2D eigenvalue weighted by Crippen LogP contribution is 2.34. The van der Waals surface area contributed by atoms with E-state index in [0.717, 1.165) is 11.0 Å². The highest BCUT2D eigenvalue weighted by molar-refractivity contribution is 7.70. The van der Waals surface area contributed by atoms with Crippen LogP contribution in [0.5, 0.6) is 0 Å². The lowest BCUT2D eigenvalue weighted by Crippen LogP contribution is -2.25. The van der Waals surface area contributed by atoms with E-state index in [4.69, 9.17) is 11.6 Å². The van der Waals surface area contributed by atoms with Crippen molar-refractivity contribution >= 4 is 41.4 Å². The van der Waals surface area contributed by atoms with Crippen LogP contribution in [0.1, 0.15) is 0 Å². The van der Waals surface area contributed by atoms with Crippen molar-refractivity contribution in [2.24, 2.45) is 9.98 Å². The van der Waals surface area contributed by atoms with E-state index in [0.29, 0.717) is 6.67 Å². The summed E-state index contributed by atoms with van der Waals surface area (Å²) in [7, 11) is -2.19. The maximum atomic E-state index is 11.9. The summed E-state index contributed by atoms with van der Waals surface area (Å²) in [6.07, 6.45) is 1.64. The summed E-state index contributed by atoms with van der Waals surface area (Å²) in [5.74, 6) is 0. The predicted molar refractivity (Wildman–Crippen MR) is 74.7 cm³/mol. The molecule has 0 unspecified atom stereocenters. The van der Waals surface area contributed by atoms with Crippen LogP contribution in [0.4, 0.5) is 5.69 Å². The smallest absolute Gasteiger partial charge is 0.220 e. The van der Waals surface area contributed by atoms with Gasteiger partial charge in [0, 0.05) is 11.0 Å². The Hall–Kier alpha value is -1.12. The minimum absolute atomic E-state index is 0.268. The van der Waals surface area contributed by atoms with Crippen molar-refractivity contribution in [1.29, 1.82) is 0 Å². The highest BCUT2D eigenvalue weighted by atomic mass is 35.5. The number of aliphatic imine (C=N–C) groups is 2. The average Bonchev–Trinajstić information content (AvgIpc) is 2.29. The second-order valence-electron chi connectivity index (χ2n) is 4.15. The van der Waals surface area contributed by atoms with Gasteiger partial charge in [-0.15, -0.1) is 0 Å². The van der Waals surface area contributed by atoms with Gasteiger partial charge < -0.3 is 9.46 Å². The highest BCUT2D eigenvalue weighted by Gasteiger charge is 2.12. The normalized spacial score (nSPS) is 15.9. The van der Waals surface area contributed by atoms with E-state index in [1.165, 1.54) is 0 Å². The van der Waals surface area contributed by atoms with Crippen LogP contribution in [-0.2, 0) is 4.57 Å². The number of amidine groups is 1. The molecule has 1 aliphatic rings. The minimum Gasteiger partial charge on any atom is -0.319 e. The number of anilines is 1. The number of hydrogen-bond acceptors (Lipinski definition) is 4. The molecule has 0 aromatic heterocycles. The maximum Gasteiger partial charge on any atom is 0.220 e. The van der Waals surface area contributed by atoms with E-state index in [1.807, 2.05) is 29.2 Å². The van der Waals surface area contributed by atoms with Crippen LogP contribution in [0, 0.1) is 0 Å². The molecule has 0 bridgehead atoms. The fourth-order valence-corrected chi connectivity index (χ4v) is 2.44. The number of rotatable bonds is 2. The summed E-state index contributed by atoms with van der Waals surface area (Å²) in [4.78, 5) is 9.80. The van der Waals surface area contributed by atoms with E-state index in [1.54, 1.807) is 19.7 Å². The van der Waals surface area contributed by atoms with E-state index in [2.05, 4.69) is 9.98 Å². The van der Waals surface area contributed by atoms with Crippen LogP contribution in [0.15, 0.2) is 34.3 Å². The van der Waals surface area contributed by atoms with E-state index in [9.17, 15) is 4.57 Å². The van der Waals surface area contributed by atoms with Gasteiger partial charge in [-0.05, 0) is 49.2 Å². The quantitative estimate of drug-likeness (QED) is 0.611. The molecule has 4 nitrogen and oxygen atoms in total. The first-order valence-electron chi connectivity index (χ1n) is 5.13. The molecule has 0 amide bonds. The Bertz CT molecular complexity index is 518. The molecule has 2 rings (SSSR count). The van der Waals surface area contributed by atoms with Crippen LogP contribution < -0.4 is 10.2 Å². The lowest BCUT2D eigenvalue weighted by atomic mass is 10.3. The number of benzene rings is 1. The molecule has 0 aliphatic carbocycles. The van der Waals surface area contributed by atoms with Gasteiger partial charge in [-0.25, -0.2) is 9.98 Å². The van der Waals surface area contributed by atoms with Gasteiger partial charge in [0.15, 0.2) is 0 Å². The molecule has 1 aliphatic heterocycles. The summed E-state index contributed by atoms with van der Waals surface area (Å²) in [5.41, 5.74) is 0.957. The van der Waals surface area contributed by atoms with Gasteiger partial charge in [0.1, 0.15) is 13.8 Å². The van der Waals surface area contributed by atoms with Gasteiger partial charge in [0.05, 0.1) is 6.34 Å². The Morgan fingerprint density at radius 2 is 1.94 bits per heavy atom. The Balaban J connectivity index is 2.20. The first kappa shape index (κ1) is 12.3. The molecule has 0 fully saturated rings. The predicted octanol–water partition coefficient (Wildman–Crippen LogP) is 2.34. The molecule has 0 saturated heterocycles. The van der Waals surface area contributed by atoms with Crippen molar-refractivity contribution in [2.75, 3.05) is 24.9 Å². The maximum absolute atomic E-state index is 11.9. The Labute approximate surface area is 105 Å². The average molecular weight is 270 g/mol. The molecule has 1 aromatic rings. The molecular formula is C11H13ClN3OP. The van der Waals surface area contributed by atoms with Gasteiger partial charge in [-0.3, -0.25) is 0 Å². The molecular weight excluding hydrogens is 257 g/mol. The van der Waals surface area contributed by atoms with Crippen molar-refractivity contribution in [3.63, 3.8) is 0 Å². The second kappa shape index (κ2) is 4.63. The van der Waals surface area contributed by atoms with Crippen molar-refractivity contribution in [2.45, 2.75) is 0 Å². The largest absolute Gasteiger partial charge is 0.319 e. The lowest BCUT2D eigenvalue weighted by Gasteiger charge is -2.20. The molecule has 1 aromatic carbocycles. The third-order valence-corrected chi connectivity index (χ3v) is 4.22. The van der Waals surface area contributed by atoms with Gasteiger partial charge in [0.2, 0.25) is 5.29 Å². The zero-order valence-corrected chi connectivity index (χ0v) is 11.3. The van der Waals surface area contributed by atoms with Gasteiger partial charge in [0.25, 0.3) is 0 Å². The minimum atomic E-state index is -2.19. The third-order valence-electron chi connectivity index (χ3n) is 2.46. The van der Waals surface area contributed by atoms with Crippen molar-refractivity contribution in [1.82, 2.24) is 0 Å². The Morgan fingerprint density at radius 3 is 2.41 bits per heavy atom. The molecule has 1 heterocycles. The summed E-state index contributed by atoms with van der Waals surface area (Å²) in [6, 6.07) is 7.58. The van der Waals surface area contributed by atoms with Crippen LogP contribution in [0.25, 0.3) is 0 Å². The van der Waals surface area contributed by atoms with Gasteiger partial charge >= 0.3 is 0 Å². The fraction of sp³-hybridized carbons (Fsp3) is 0.273. The zero-order chi connectivity index (χ0) is 12.5. The van der Waals surface area contributed by atoms with Gasteiger partial charge in [-0.1, -0.05) is 0 Å². The Morgan fingerprint density at radius 1 is 1.29 bits per heavy atom. The third kappa shape index (κ3) is 2.96. The summed E-state index contributed by atoms with van der Waals surface area (Å²) in [5, 5.41) is 1.14. The molecule has 0 N–H and O–H groups in total. The van der Waals surface area contributed by atoms with Crippen LogP contribution >= 0.6 is 18.7 Å². The van der Waals surface area contributed by atoms with E-state index >= 15 is 0 Å². The van der Waals surface area contributed by atoms with Crippen molar-refractivity contribution in [3.8, 4) is 0 Å².